The molecule has 1 amide bonds. The van der Waals surface area contributed by atoms with Crippen molar-refractivity contribution in [2.75, 3.05) is 11.5 Å². The molecule has 1 fully saturated rings. The van der Waals surface area contributed by atoms with Crippen molar-refractivity contribution in [3.05, 3.63) is 53.4 Å². The lowest BCUT2D eigenvalue weighted by atomic mass is 10.1. The topological polar surface area (TPSA) is 55.3 Å². The molecule has 0 aliphatic carbocycles. The van der Waals surface area contributed by atoms with Gasteiger partial charge in [-0.3, -0.25) is 4.90 Å². The molecule has 2 heterocycles. The molecule has 0 unspecified atom stereocenters. The van der Waals surface area contributed by atoms with Crippen molar-refractivity contribution in [3.8, 4) is 0 Å². The predicted octanol–water partition coefficient (Wildman–Crippen LogP) is 2.70. The number of aromatic nitrogens is 2. The molecule has 1 atom stereocenters. The van der Waals surface area contributed by atoms with Crippen LogP contribution in [0.15, 0.2) is 42.7 Å². The van der Waals surface area contributed by atoms with Gasteiger partial charge in [0, 0.05) is 6.07 Å². The highest BCUT2D eigenvalue weighted by Gasteiger charge is 2.35. The van der Waals surface area contributed by atoms with Crippen molar-refractivity contribution < 1.29 is 9.53 Å². The third kappa shape index (κ3) is 2.58. The van der Waals surface area contributed by atoms with Gasteiger partial charge in [-0.15, -0.1) is 0 Å². The Morgan fingerprint density at radius 3 is 2.85 bits per heavy atom. The fourth-order valence-electron chi connectivity index (χ4n) is 2.23. The quantitative estimate of drug-likeness (QED) is 0.815. The van der Waals surface area contributed by atoms with Gasteiger partial charge < -0.3 is 4.74 Å². The standard InChI is InChI=1S/C14H12ClN3O2/c15-12-7-13(17-9-16-12)18-11(8-20-14(18)19)6-10-4-2-1-3-5-10/h1-5,7,9,11H,6,8H2/t11-/m1/s1. The minimum Gasteiger partial charge on any atom is -0.447 e. The molecule has 1 aliphatic heterocycles. The van der Waals surface area contributed by atoms with Crippen molar-refractivity contribution >= 4 is 23.5 Å². The second kappa shape index (κ2) is 5.46. The van der Waals surface area contributed by atoms with Crippen LogP contribution in [0, 0.1) is 0 Å². The first-order chi connectivity index (χ1) is 9.74. The van der Waals surface area contributed by atoms with E-state index in [0.717, 1.165) is 5.56 Å². The Bertz CT molecular complexity index is 621. The highest BCUT2D eigenvalue weighted by atomic mass is 35.5. The smallest absolute Gasteiger partial charge is 0.415 e. The van der Waals surface area contributed by atoms with E-state index < -0.39 is 6.09 Å². The summed E-state index contributed by atoms with van der Waals surface area (Å²) in [5, 5.41) is 0.299. The maximum Gasteiger partial charge on any atom is 0.415 e. The van der Waals surface area contributed by atoms with Gasteiger partial charge in [0.25, 0.3) is 0 Å². The van der Waals surface area contributed by atoms with Gasteiger partial charge in [0.2, 0.25) is 0 Å². The summed E-state index contributed by atoms with van der Waals surface area (Å²) in [5.41, 5.74) is 1.14. The summed E-state index contributed by atoms with van der Waals surface area (Å²) in [5.74, 6) is 0.466. The van der Waals surface area contributed by atoms with Gasteiger partial charge in [-0.2, -0.15) is 0 Å². The number of halogens is 1. The molecule has 6 heteroatoms. The first-order valence-corrected chi connectivity index (χ1v) is 6.59. The number of carbonyl (C=O) groups is 1. The average molecular weight is 290 g/mol. The molecule has 0 spiro atoms. The van der Waals surface area contributed by atoms with E-state index >= 15 is 0 Å². The van der Waals surface area contributed by atoms with Gasteiger partial charge in [-0.25, -0.2) is 14.8 Å². The Kier molecular flexibility index (Phi) is 3.52. The number of ether oxygens (including phenoxy) is 1. The van der Waals surface area contributed by atoms with Crippen LogP contribution in [0.3, 0.4) is 0 Å². The summed E-state index contributed by atoms with van der Waals surface area (Å²) < 4.78 is 5.13. The third-order valence-corrected chi connectivity index (χ3v) is 3.35. The zero-order valence-corrected chi connectivity index (χ0v) is 11.3. The van der Waals surface area contributed by atoms with E-state index in [9.17, 15) is 4.79 Å². The Balaban J connectivity index is 1.85. The molecule has 102 valence electrons. The maximum absolute atomic E-state index is 11.9. The molecule has 1 aromatic carbocycles. The van der Waals surface area contributed by atoms with Crippen LogP contribution in [0.2, 0.25) is 5.15 Å². The fraction of sp³-hybridized carbons (Fsp3) is 0.214. The lowest BCUT2D eigenvalue weighted by Gasteiger charge is -2.20. The van der Waals surface area contributed by atoms with Gasteiger partial charge >= 0.3 is 6.09 Å². The van der Waals surface area contributed by atoms with Gasteiger partial charge in [0.1, 0.15) is 23.9 Å². The monoisotopic (exact) mass is 289 g/mol. The first kappa shape index (κ1) is 12.9. The first-order valence-electron chi connectivity index (χ1n) is 6.21. The van der Waals surface area contributed by atoms with Crippen molar-refractivity contribution in [1.82, 2.24) is 9.97 Å². The number of cyclic esters (lactones) is 1. The molecule has 0 radical (unpaired) electrons. The highest BCUT2D eigenvalue weighted by Crippen LogP contribution is 2.24. The van der Waals surface area contributed by atoms with Crippen LogP contribution in [0.4, 0.5) is 10.6 Å². The lowest BCUT2D eigenvalue weighted by molar-refractivity contribution is 0.178. The third-order valence-electron chi connectivity index (χ3n) is 3.14. The van der Waals surface area contributed by atoms with Crippen LogP contribution in [0.1, 0.15) is 5.56 Å². The molecular weight excluding hydrogens is 278 g/mol. The molecule has 0 N–H and O–H groups in total. The lowest BCUT2D eigenvalue weighted by Crippen LogP contribution is -2.35. The molecule has 0 saturated carbocycles. The maximum atomic E-state index is 11.9. The largest absolute Gasteiger partial charge is 0.447 e. The van der Waals surface area contributed by atoms with E-state index in [4.69, 9.17) is 16.3 Å². The molecule has 0 bridgehead atoms. The summed E-state index contributed by atoms with van der Waals surface area (Å²) in [4.78, 5) is 21.3. The van der Waals surface area contributed by atoms with Gasteiger partial charge in [0.15, 0.2) is 0 Å². The number of carbonyl (C=O) groups excluding carboxylic acids is 1. The number of anilines is 1. The van der Waals surface area contributed by atoms with Crippen molar-refractivity contribution in [3.63, 3.8) is 0 Å². The number of benzene rings is 1. The van der Waals surface area contributed by atoms with Crippen LogP contribution in [-0.2, 0) is 11.2 Å². The Labute approximate surface area is 121 Å². The summed E-state index contributed by atoms with van der Waals surface area (Å²) >= 11 is 5.85. The van der Waals surface area contributed by atoms with Crippen LogP contribution in [0.25, 0.3) is 0 Å². The van der Waals surface area contributed by atoms with E-state index in [1.54, 1.807) is 6.07 Å². The van der Waals surface area contributed by atoms with E-state index in [1.807, 2.05) is 30.3 Å². The van der Waals surface area contributed by atoms with Crippen molar-refractivity contribution in [2.24, 2.45) is 0 Å². The number of hydrogen-bond acceptors (Lipinski definition) is 4. The average Bonchev–Trinajstić information content (AvgIpc) is 2.81. The molecule has 20 heavy (non-hydrogen) atoms. The SMILES string of the molecule is O=C1OC[C@@H](Cc2ccccc2)N1c1cc(Cl)ncn1. The second-order valence-corrected chi connectivity index (χ2v) is 4.88. The highest BCUT2D eigenvalue weighted by molar-refractivity contribution is 6.29. The number of nitrogens with zero attached hydrogens (tertiary/aromatic N) is 3. The van der Waals surface area contributed by atoms with E-state index in [0.29, 0.717) is 24.0 Å². The number of rotatable bonds is 3. The minimum atomic E-state index is -0.402. The van der Waals surface area contributed by atoms with E-state index in [2.05, 4.69) is 9.97 Å². The molecule has 1 aliphatic rings. The second-order valence-electron chi connectivity index (χ2n) is 4.49. The van der Waals surface area contributed by atoms with Gasteiger partial charge in [-0.1, -0.05) is 41.9 Å². The van der Waals surface area contributed by atoms with E-state index in [1.165, 1.54) is 11.2 Å². The molecule has 3 rings (SSSR count). The molecule has 1 saturated heterocycles. The number of amides is 1. The van der Waals surface area contributed by atoms with E-state index in [-0.39, 0.29) is 6.04 Å². The Hall–Kier alpha value is -2.14. The molecule has 2 aromatic rings. The van der Waals surface area contributed by atoms with Gasteiger partial charge in [-0.05, 0) is 12.0 Å². The van der Waals surface area contributed by atoms with Crippen LogP contribution < -0.4 is 4.90 Å². The molecule has 1 aromatic heterocycles. The normalized spacial score (nSPS) is 18.1. The number of hydrogen-bond donors (Lipinski definition) is 0. The minimum absolute atomic E-state index is 0.0872. The van der Waals surface area contributed by atoms with Crippen LogP contribution in [0.5, 0.6) is 0 Å². The summed E-state index contributed by atoms with van der Waals surface area (Å²) in [7, 11) is 0. The predicted molar refractivity (Wildman–Crippen MR) is 74.8 cm³/mol. The van der Waals surface area contributed by atoms with Crippen LogP contribution in [-0.4, -0.2) is 28.7 Å². The van der Waals surface area contributed by atoms with Crippen LogP contribution >= 0.6 is 11.6 Å². The Morgan fingerprint density at radius 1 is 1.30 bits per heavy atom. The molecule has 5 nitrogen and oxygen atoms in total. The Morgan fingerprint density at radius 2 is 2.10 bits per heavy atom. The summed E-state index contributed by atoms with van der Waals surface area (Å²) in [6, 6.07) is 11.4. The van der Waals surface area contributed by atoms with Crippen molar-refractivity contribution in [2.45, 2.75) is 12.5 Å². The summed E-state index contributed by atoms with van der Waals surface area (Å²) in [6.45, 7) is 0.343. The zero-order chi connectivity index (χ0) is 13.9. The fourth-order valence-corrected chi connectivity index (χ4v) is 2.37. The van der Waals surface area contributed by atoms with Crippen molar-refractivity contribution in [1.29, 1.82) is 0 Å². The molecular formula is C14H12ClN3O2. The zero-order valence-electron chi connectivity index (χ0n) is 10.6. The summed E-state index contributed by atoms with van der Waals surface area (Å²) in [6.07, 6.45) is 1.64. The van der Waals surface area contributed by atoms with Gasteiger partial charge in [0.05, 0.1) is 6.04 Å².